The molecule has 2 rings (SSSR count). The molecule has 122 valence electrons. The van der Waals surface area contributed by atoms with Crippen molar-refractivity contribution in [3.05, 3.63) is 16.1 Å². The van der Waals surface area contributed by atoms with E-state index < -0.39 is 5.97 Å². The highest BCUT2D eigenvalue weighted by Crippen LogP contribution is 2.31. The molecule has 1 aliphatic carbocycles. The highest BCUT2D eigenvalue weighted by Gasteiger charge is 2.23. The molecule has 1 aliphatic rings. The molecular formula is C16H24N2O3S. The van der Waals surface area contributed by atoms with Gasteiger partial charge < -0.3 is 10.4 Å². The van der Waals surface area contributed by atoms with Crippen LogP contribution in [0.5, 0.6) is 0 Å². The van der Waals surface area contributed by atoms with E-state index in [0.29, 0.717) is 18.9 Å². The van der Waals surface area contributed by atoms with E-state index in [2.05, 4.69) is 17.2 Å². The van der Waals surface area contributed by atoms with E-state index in [1.54, 1.807) is 0 Å². The van der Waals surface area contributed by atoms with Gasteiger partial charge in [-0.1, -0.05) is 32.6 Å². The third-order valence-corrected chi connectivity index (χ3v) is 5.27. The molecule has 0 saturated heterocycles. The second kappa shape index (κ2) is 8.27. The van der Waals surface area contributed by atoms with Crippen molar-refractivity contribution in [1.29, 1.82) is 0 Å². The summed E-state index contributed by atoms with van der Waals surface area (Å²) in [5.41, 5.74) is 0.0824. The quantitative estimate of drug-likeness (QED) is 0.770. The molecule has 0 bridgehead atoms. The Morgan fingerprint density at radius 3 is 2.77 bits per heavy atom. The molecule has 22 heavy (non-hydrogen) atoms. The van der Waals surface area contributed by atoms with Gasteiger partial charge in [0.2, 0.25) is 5.91 Å². The molecule has 0 aliphatic heterocycles. The van der Waals surface area contributed by atoms with Crippen LogP contribution in [0.1, 0.15) is 60.9 Å². The van der Waals surface area contributed by atoms with Crippen molar-refractivity contribution in [2.75, 3.05) is 6.54 Å². The predicted octanol–water partition coefficient (Wildman–Crippen LogP) is 3.11. The number of carboxylic acids is 1. The Bertz CT molecular complexity index is 509. The number of carboxylic acid groups (broad SMARTS) is 1. The summed E-state index contributed by atoms with van der Waals surface area (Å²) in [6.07, 6.45) is 7.61. The van der Waals surface area contributed by atoms with Gasteiger partial charge in [-0.2, -0.15) is 0 Å². The molecule has 1 atom stereocenters. The summed E-state index contributed by atoms with van der Waals surface area (Å²) >= 11 is 1.33. The Balaban J connectivity index is 1.74. The minimum absolute atomic E-state index is 0.0824. The minimum Gasteiger partial charge on any atom is -0.476 e. The summed E-state index contributed by atoms with van der Waals surface area (Å²) in [6, 6.07) is 0. The molecule has 0 spiro atoms. The lowest BCUT2D eigenvalue weighted by molar-refractivity contribution is -0.125. The minimum atomic E-state index is -1.01. The topological polar surface area (TPSA) is 79.3 Å². The second-order valence-corrected chi connectivity index (χ2v) is 6.91. The van der Waals surface area contributed by atoms with Crippen molar-refractivity contribution in [2.24, 2.45) is 11.8 Å². The molecule has 1 heterocycles. The number of thiazole rings is 1. The van der Waals surface area contributed by atoms with E-state index >= 15 is 0 Å². The first-order valence-corrected chi connectivity index (χ1v) is 8.93. The summed E-state index contributed by atoms with van der Waals surface area (Å²) in [4.78, 5) is 27.0. The number of rotatable bonds is 8. The number of hydrogen-bond acceptors (Lipinski definition) is 4. The molecule has 5 nitrogen and oxygen atoms in total. The van der Waals surface area contributed by atoms with Gasteiger partial charge in [-0.15, -0.1) is 11.3 Å². The van der Waals surface area contributed by atoms with Gasteiger partial charge in [-0.3, -0.25) is 4.79 Å². The summed E-state index contributed by atoms with van der Waals surface area (Å²) < 4.78 is 0. The number of aromatic nitrogens is 1. The molecular weight excluding hydrogens is 300 g/mol. The van der Waals surface area contributed by atoms with E-state index in [1.165, 1.54) is 42.4 Å². The van der Waals surface area contributed by atoms with E-state index in [0.717, 1.165) is 17.8 Å². The van der Waals surface area contributed by atoms with Crippen LogP contribution in [0, 0.1) is 11.8 Å². The third-order valence-electron chi connectivity index (χ3n) is 4.37. The van der Waals surface area contributed by atoms with Crippen molar-refractivity contribution < 1.29 is 14.7 Å². The molecule has 1 aromatic rings. The van der Waals surface area contributed by atoms with Gasteiger partial charge in [0.05, 0.1) is 5.01 Å². The summed E-state index contributed by atoms with van der Waals surface area (Å²) in [6.45, 7) is 2.59. The SMILES string of the molecule is CCC(CC1CCCC1)C(=O)NCCc1nc(C(=O)O)cs1. The normalized spacial score (nSPS) is 16.6. The number of carbonyl (C=O) groups is 2. The maximum Gasteiger partial charge on any atom is 0.355 e. The largest absolute Gasteiger partial charge is 0.476 e. The zero-order valence-corrected chi connectivity index (χ0v) is 13.8. The Morgan fingerprint density at radius 2 is 2.18 bits per heavy atom. The Morgan fingerprint density at radius 1 is 1.45 bits per heavy atom. The Kier molecular flexibility index (Phi) is 6.36. The number of nitrogens with one attached hydrogen (secondary N) is 1. The molecule has 6 heteroatoms. The van der Waals surface area contributed by atoms with Crippen molar-refractivity contribution in [3.63, 3.8) is 0 Å². The maximum absolute atomic E-state index is 12.2. The van der Waals surface area contributed by atoms with Crippen LogP contribution in [-0.2, 0) is 11.2 Å². The highest BCUT2D eigenvalue weighted by molar-refractivity contribution is 7.09. The Hall–Kier alpha value is -1.43. The van der Waals surface area contributed by atoms with Crippen LogP contribution < -0.4 is 5.32 Å². The number of carbonyl (C=O) groups excluding carboxylic acids is 1. The van der Waals surface area contributed by atoms with Gasteiger partial charge in [-0.25, -0.2) is 9.78 Å². The van der Waals surface area contributed by atoms with Crippen LogP contribution in [0.25, 0.3) is 0 Å². The third kappa shape index (κ3) is 4.80. The fraction of sp³-hybridized carbons (Fsp3) is 0.688. The van der Waals surface area contributed by atoms with Gasteiger partial charge in [0, 0.05) is 24.3 Å². The molecule has 2 N–H and O–H groups in total. The number of nitrogens with zero attached hydrogens (tertiary/aromatic N) is 1. The molecule has 1 saturated carbocycles. The van der Waals surface area contributed by atoms with Gasteiger partial charge >= 0.3 is 5.97 Å². The molecule has 1 amide bonds. The zero-order valence-electron chi connectivity index (χ0n) is 13.0. The standard InChI is InChI=1S/C16H24N2O3S/c1-2-12(9-11-5-3-4-6-11)15(19)17-8-7-14-18-13(10-22-14)16(20)21/h10-12H,2-9H2,1H3,(H,17,19)(H,20,21). The second-order valence-electron chi connectivity index (χ2n) is 5.96. The number of hydrogen-bond donors (Lipinski definition) is 2. The predicted molar refractivity (Wildman–Crippen MR) is 86.1 cm³/mol. The average Bonchev–Trinajstić information content (AvgIpc) is 3.16. The van der Waals surface area contributed by atoms with Crippen molar-refractivity contribution >= 4 is 23.2 Å². The van der Waals surface area contributed by atoms with Gasteiger partial charge in [0.25, 0.3) is 0 Å². The highest BCUT2D eigenvalue weighted by atomic mass is 32.1. The smallest absolute Gasteiger partial charge is 0.355 e. The van der Waals surface area contributed by atoms with E-state index in [9.17, 15) is 9.59 Å². The van der Waals surface area contributed by atoms with Gasteiger partial charge in [0.1, 0.15) is 0 Å². The lowest BCUT2D eigenvalue weighted by Gasteiger charge is -2.18. The Labute approximate surface area is 135 Å². The molecule has 0 aromatic carbocycles. The number of aromatic carboxylic acids is 1. The van der Waals surface area contributed by atoms with E-state index in [1.807, 2.05) is 0 Å². The fourth-order valence-electron chi connectivity index (χ4n) is 3.07. The van der Waals surface area contributed by atoms with E-state index in [-0.39, 0.29) is 17.5 Å². The zero-order chi connectivity index (χ0) is 15.9. The fourth-order valence-corrected chi connectivity index (χ4v) is 3.84. The molecule has 0 radical (unpaired) electrons. The van der Waals surface area contributed by atoms with Gasteiger partial charge in [0.15, 0.2) is 5.69 Å². The van der Waals surface area contributed by atoms with Crippen molar-refractivity contribution in [3.8, 4) is 0 Å². The average molecular weight is 324 g/mol. The first-order valence-electron chi connectivity index (χ1n) is 8.05. The molecule has 1 unspecified atom stereocenters. The van der Waals surface area contributed by atoms with Gasteiger partial charge in [-0.05, 0) is 18.8 Å². The van der Waals surface area contributed by atoms with Crippen molar-refractivity contribution in [2.45, 2.75) is 51.9 Å². The monoisotopic (exact) mass is 324 g/mol. The summed E-state index contributed by atoms with van der Waals surface area (Å²) in [5.74, 6) is -0.0553. The summed E-state index contributed by atoms with van der Waals surface area (Å²) in [5, 5.41) is 14.1. The first kappa shape index (κ1) is 16.9. The maximum atomic E-state index is 12.2. The van der Waals surface area contributed by atoms with Crippen LogP contribution in [0.4, 0.5) is 0 Å². The lowest BCUT2D eigenvalue weighted by Crippen LogP contribution is -2.32. The van der Waals surface area contributed by atoms with Crippen LogP contribution in [0.2, 0.25) is 0 Å². The van der Waals surface area contributed by atoms with Crippen LogP contribution >= 0.6 is 11.3 Å². The van der Waals surface area contributed by atoms with Crippen LogP contribution in [0.3, 0.4) is 0 Å². The van der Waals surface area contributed by atoms with E-state index in [4.69, 9.17) is 5.11 Å². The first-order chi connectivity index (χ1) is 10.6. The molecule has 1 fully saturated rings. The summed E-state index contributed by atoms with van der Waals surface area (Å²) in [7, 11) is 0. The molecule has 1 aromatic heterocycles. The number of amides is 1. The van der Waals surface area contributed by atoms with Crippen LogP contribution in [0.15, 0.2) is 5.38 Å². The van der Waals surface area contributed by atoms with Crippen molar-refractivity contribution in [1.82, 2.24) is 10.3 Å². The lowest BCUT2D eigenvalue weighted by atomic mass is 9.91. The van der Waals surface area contributed by atoms with Crippen LogP contribution in [-0.4, -0.2) is 28.5 Å².